The molecule has 2 heterocycles. The number of hydrogen-bond acceptors (Lipinski definition) is 6. The second-order valence-electron chi connectivity index (χ2n) is 10.6. The normalized spacial score (nSPS) is 15.0. The summed E-state index contributed by atoms with van der Waals surface area (Å²) in [6.45, 7) is 14.2. The third kappa shape index (κ3) is 7.56. The van der Waals surface area contributed by atoms with E-state index in [-0.39, 0.29) is 25.3 Å². The van der Waals surface area contributed by atoms with Gasteiger partial charge in [0, 0.05) is 31.9 Å². The summed E-state index contributed by atoms with van der Waals surface area (Å²) in [5.41, 5.74) is -0.410. The number of carbonyl (C=O) groups excluding carboxylic acids is 1. The van der Waals surface area contributed by atoms with Crippen LogP contribution in [0.4, 0.5) is 29.5 Å². The van der Waals surface area contributed by atoms with Gasteiger partial charge in [0.2, 0.25) is 0 Å². The number of nitrogens with zero attached hydrogens (tertiary/aromatic N) is 5. The molecule has 1 aromatic carbocycles. The van der Waals surface area contributed by atoms with Crippen LogP contribution in [0.5, 0.6) is 0 Å². The lowest BCUT2D eigenvalue weighted by Crippen LogP contribution is -2.41. The molecule has 0 aliphatic carbocycles. The second-order valence-corrected chi connectivity index (χ2v) is 10.6. The summed E-state index contributed by atoms with van der Waals surface area (Å²) >= 11 is 0. The first kappa shape index (κ1) is 31.0. The van der Waals surface area contributed by atoms with Gasteiger partial charge in [-0.1, -0.05) is 12.6 Å². The number of imidazole rings is 1. The molecule has 0 saturated carbocycles. The number of benzene rings is 1. The molecule has 0 bridgehead atoms. The number of halogens is 3. The minimum Gasteiger partial charge on any atom is -0.444 e. The van der Waals surface area contributed by atoms with E-state index in [0.717, 1.165) is 6.07 Å². The molecule has 0 atom stereocenters. The Morgan fingerprint density at radius 3 is 2.52 bits per heavy atom. The van der Waals surface area contributed by atoms with E-state index in [0.29, 0.717) is 49.0 Å². The van der Waals surface area contributed by atoms with Gasteiger partial charge in [-0.3, -0.25) is 0 Å². The maximum absolute atomic E-state index is 14.3. The number of carbonyl (C=O) groups is 1. The van der Waals surface area contributed by atoms with Gasteiger partial charge in [-0.15, -0.1) is 0 Å². The molecule has 1 saturated heterocycles. The monoisotopic (exact) mass is 564 g/mol. The molecular weight excluding hydrogens is 525 g/mol. The number of nitrogens with one attached hydrogen (secondary N) is 1. The zero-order valence-corrected chi connectivity index (χ0v) is 23.8. The number of alkyl halides is 3. The number of piperidine rings is 1. The van der Waals surface area contributed by atoms with Crippen LogP contribution in [-0.4, -0.2) is 75.4 Å². The lowest BCUT2D eigenvalue weighted by Gasteiger charge is -2.35. The molecule has 1 fully saturated rings. The Labute approximate surface area is 233 Å². The van der Waals surface area contributed by atoms with Crippen LogP contribution in [0.1, 0.15) is 69.1 Å². The van der Waals surface area contributed by atoms with Crippen molar-refractivity contribution < 1.29 is 27.8 Å². The summed E-state index contributed by atoms with van der Waals surface area (Å²) < 4.78 is 49.7. The number of anilines is 2. The number of aliphatic hydroxyl groups excluding tert-OH is 1. The first-order valence-corrected chi connectivity index (χ1v) is 13.3. The Hall–Kier alpha value is -3.54. The van der Waals surface area contributed by atoms with Crippen molar-refractivity contribution in [3.05, 3.63) is 47.4 Å². The molecule has 2 aromatic rings. The van der Waals surface area contributed by atoms with Crippen molar-refractivity contribution in [2.45, 2.75) is 65.2 Å². The number of rotatable bonds is 9. The van der Waals surface area contributed by atoms with Gasteiger partial charge in [-0.2, -0.15) is 22.9 Å². The van der Waals surface area contributed by atoms with Gasteiger partial charge in [0.05, 0.1) is 17.9 Å². The molecular formula is C28H39F3N6O3. The average molecular weight is 565 g/mol. The number of aromatic nitrogens is 2. The topological polar surface area (TPSA) is 95.2 Å². The molecule has 0 spiro atoms. The number of aryl methyl sites for hydroxylation is 1. The fourth-order valence-corrected chi connectivity index (χ4v) is 4.65. The third-order valence-corrected chi connectivity index (χ3v) is 6.58. The van der Waals surface area contributed by atoms with Gasteiger partial charge in [0.1, 0.15) is 11.9 Å². The lowest BCUT2D eigenvalue weighted by atomic mass is 9.85. The second kappa shape index (κ2) is 12.8. The van der Waals surface area contributed by atoms with Crippen LogP contribution in [0.15, 0.2) is 29.9 Å². The highest BCUT2D eigenvalue weighted by molar-refractivity contribution is 5.69. The zero-order valence-electron chi connectivity index (χ0n) is 23.8. The van der Waals surface area contributed by atoms with Crippen LogP contribution in [0.3, 0.4) is 0 Å². The van der Waals surface area contributed by atoms with Crippen LogP contribution < -0.4 is 5.32 Å². The third-order valence-electron chi connectivity index (χ3n) is 6.58. The van der Waals surface area contributed by atoms with Crippen LogP contribution in [0.2, 0.25) is 0 Å². The number of aliphatic hydroxyl groups is 1. The summed E-state index contributed by atoms with van der Waals surface area (Å²) in [4.78, 5) is 20.3. The first-order valence-electron chi connectivity index (χ1n) is 13.3. The quantitative estimate of drug-likeness (QED) is 0.295. The van der Waals surface area contributed by atoms with Crippen LogP contribution in [0.25, 0.3) is 6.08 Å². The Balaban J connectivity index is 1.98. The SMILES string of the molecule is C=Cc1nc(C)c(Nc2cccc(C(F)(F)F)c2C2CCN(C(=O)OC(C)(C)C)CC2)n1/N=C/N(CC)CCO. The minimum atomic E-state index is -4.57. The maximum atomic E-state index is 14.3. The first-order chi connectivity index (χ1) is 18.8. The largest absolute Gasteiger partial charge is 0.444 e. The van der Waals surface area contributed by atoms with Gasteiger partial charge >= 0.3 is 12.3 Å². The van der Waals surface area contributed by atoms with Crippen LogP contribution in [0, 0.1) is 6.92 Å². The van der Waals surface area contributed by atoms with Crippen molar-refractivity contribution in [2.75, 3.05) is 38.1 Å². The molecule has 220 valence electrons. The number of amides is 1. The highest BCUT2D eigenvalue weighted by atomic mass is 19.4. The van der Waals surface area contributed by atoms with Crippen molar-refractivity contribution >= 4 is 30.0 Å². The van der Waals surface area contributed by atoms with E-state index in [1.807, 2.05) is 6.92 Å². The molecule has 9 nitrogen and oxygen atoms in total. The Bertz CT molecular complexity index is 1210. The van der Waals surface area contributed by atoms with E-state index >= 15 is 0 Å². The minimum absolute atomic E-state index is 0.0530. The van der Waals surface area contributed by atoms with Crippen molar-refractivity contribution in [2.24, 2.45) is 5.10 Å². The molecule has 12 heteroatoms. The summed E-state index contributed by atoms with van der Waals surface area (Å²) in [5, 5.41) is 17.0. The van der Waals surface area contributed by atoms with E-state index in [2.05, 4.69) is 22.0 Å². The Morgan fingerprint density at radius 1 is 1.30 bits per heavy atom. The average Bonchev–Trinajstić information content (AvgIpc) is 3.19. The van der Waals surface area contributed by atoms with Crippen molar-refractivity contribution in [3.63, 3.8) is 0 Å². The van der Waals surface area contributed by atoms with Gasteiger partial charge in [0.25, 0.3) is 0 Å². The van der Waals surface area contributed by atoms with E-state index < -0.39 is 29.4 Å². The van der Waals surface area contributed by atoms with E-state index in [4.69, 9.17) is 4.74 Å². The van der Waals surface area contributed by atoms with Crippen molar-refractivity contribution in [1.29, 1.82) is 0 Å². The predicted molar refractivity (Wildman–Crippen MR) is 150 cm³/mol. The molecule has 1 aromatic heterocycles. The summed E-state index contributed by atoms with van der Waals surface area (Å²) in [5.74, 6) is 0.367. The smallest absolute Gasteiger partial charge is 0.416 e. The number of likely N-dealkylation sites (tertiary alicyclic amines) is 1. The zero-order chi connectivity index (χ0) is 29.7. The van der Waals surface area contributed by atoms with Crippen molar-refractivity contribution in [3.8, 4) is 0 Å². The maximum Gasteiger partial charge on any atom is 0.416 e. The highest BCUT2D eigenvalue weighted by Crippen LogP contribution is 2.43. The molecule has 0 radical (unpaired) electrons. The summed E-state index contributed by atoms with van der Waals surface area (Å²) in [7, 11) is 0. The van der Waals surface area contributed by atoms with Gasteiger partial charge < -0.3 is 25.0 Å². The summed E-state index contributed by atoms with van der Waals surface area (Å²) in [6, 6.07) is 4.08. The molecule has 0 unspecified atom stereocenters. The highest BCUT2D eigenvalue weighted by Gasteiger charge is 2.38. The van der Waals surface area contributed by atoms with Gasteiger partial charge in [-0.05, 0) is 77.2 Å². The Morgan fingerprint density at radius 2 is 1.98 bits per heavy atom. The molecule has 3 rings (SSSR count). The van der Waals surface area contributed by atoms with Gasteiger partial charge in [-0.25, -0.2) is 9.78 Å². The fourth-order valence-electron chi connectivity index (χ4n) is 4.65. The number of likely N-dealkylation sites (N-methyl/N-ethyl adjacent to an activating group) is 1. The van der Waals surface area contributed by atoms with Crippen LogP contribution in [-0.2, 0) is 10.9 Å². The molecule has 1 aliphatic heterocycles. The molecule has 1 amide bonds. The fraction of sp³-hybridized carbons (Fsp3) is 0.536. The van der Waals surface area contributed by atoms with Gasteiger partial charge in [0.15, 0.2) is 11.6 Å². The lowest BCUT2D eigenvalue weighted by molar-refractivity contribution is -0.138. The Kier molecular flexibility index (Phi) is 9.88. The number of hydrogen-bond donors (Lipinski definition) is 2. The van der Waals surface area contributed by atoms with E-state index in [1.165, 1.54) is 16.8 Å². The van der Waals surface area contributed by atoms with E-state index in [1.54, 1.807) is 49.9 Å². The predicted octanol–water partition coefficient (Wildman–Crippen LogP) is 5.82. The standard InChI is InChI=1S/C28H39F3N6O3/c1-7-23-33-19(3)25(37(23)32-18-35(8-2)16-17-38)34-22-11-9-10-21(28(29,30)31)24(22)20-12-14-36(15-13-20)26(39)40-27(4,5)6/h7,9-11,18,20,34,38H,1,8,12-17H2,2-6H3/b32-18+. The molecule has 40 heavy (non-hydrogen) atoms. The van der Waals surface area contributed by atoms with Crippen LogP contribution >= 0.6 is 0 Å². The number of ether oxygens (including phenoxy) is 1. The van der Waals surface area contributed by atoms with E-state index in [9.17, 15) is 23.1 Å². The molecule has 2 N–H and O–H groups in total. The summed E-state index contributed by atoms with van der Waals surface area (Å²) in [6.07, 6.45) is -1.28. The van der Waals surface area contributed by atoms with Crippen molar-refractivity contribution in [1.82, 2.24) is 19.5 Å². The molecule has 1 aliphatic rings.